The summed E-state index contributed by atoms with van der Waals surface area (Å²) in [7, 11) is 3.70. The average molecular weight is 229 g/mol. The number of rotatable bonds is 2. The summed E-state index contributed by atoms with van der Waals surface area (Å²) in [6.45, 7) is 0. The lowest BCUT2D eigenvalue weighted by Gasteiger charge is -2.04. The number of fused-ring (bicyclic) bond motifs is 1. The first-order valence-corrected chi connectivity index (χ1v) is 5.16. The third-order valence-corrected chi connectivity index (χ3v) is 2.57. The van der Waals surface area contributed by atoms with Crippen LogP contribution in [0.2, 0.25) is 0 Å². The Balaban J connectivity index is 2.34. The van der Waals surface area contributed by atoms with Gasteiger partial charge in [-0.3, -0.25) is 5.10 Å². The lowest BCUT2D eigenvalue weighted by Crippen LogP contribution is -2.01. The van der Waals surface area contributed by atoms with E-state index in [0.29, 0.717) is 11.6 Å². The standard InChI is InChI=1S/C10H11N7/c1-11-10-14-7(9-12-3-4-17(9)2)6-5-13-16-8(6)15-10/h3-5H,1-2H3,(H2,11,13,14,15,16). The van der Waals surface area contributed by atoms with Crippen molar-refractivity contribution in [3.63, 3.8) is 0 Å². The van der Waals surface area contributed by atoms with Gasteiger partial charge in [-0.25, -0.2) is 9.97 Å². The Kier molecular flexibility index (Phi) is 2.04. The number of aryl methyl sites for hydroxylation is 1. The second kappa shape index (κ2) is 3.55. The molecular formula is C10H11N7. The van der Waals surface area contributed by atoms with E-state index >= 15 is 0 Å². The smallest absolute Gasteiger partial charge is 0.225 e. The predicted molar refractivity (Wildman–Crippen MR) is 63.4 cm³/mol. The molecule has 17 heavy (non-hydrogen) atoms. The fraction of sp³-hybridized carbons (Fsp3) is 0.200. The van der Waals surface area contributed by atoms with Gasteiger partial charge in [-0.1, -0.05) is 0 Å². The summed E-state index contributed by atoms with van der Waals surface area (Å²) in [6, 6.07) is 0. The van der Waals surface area contributed by atoms with Crippen molar-refractivity contribution in [3.8, 4) is 11.5 Å². The van der Waals surface area contributed by atoms with Gasteiger partial charge in [0.1, 0.15) is 5.69 Å². The maximum Gasteiger partial charge on any atom is 0.225 e. The van der Waals surface area contributed by atoms with Crippen LogP contribution in [0, 0.1) is 0 Å². The number of hydrogen-bond acceptors (Lipinski definition) is 5. The van der Waals surface area contributed by atoms with Crippen molar-refractivity contribution >= 4 is 17.0 Å². The van der Waals surface area contributed by atoms with Crippen molar-refractivity contribution < 1.29 is 0 Å². The van der Waals surface area contributed by atoms with Gasteiger partial charge in [0.15, 0.2) is 11.5 Å². The molecule has 0 aliphatic rings. The van der Waals surface area contributed by atoms with Crippen LogP contribution in [0.5, 0.6) is 0 Å². The highest BCUT2D eigenvalue weighted by Crippen LogP contribution is 2.24. The summed E-state index contributed by atoms with van der Waals surface area (Å²) in [5.74, 6) is 1.33. The molecule has 3 aromatic heterocycles. The van der Waals surface area contributed by atoms with Gasteiger partial charge >= 0.3 is 0 Å². The van der Waals surface area contributed by atoms with Crippen molar-refractivity contribution in [2.45, 2.75) is 0 Å². The molecule has 2 N–H and O–H groups in total. The van der Waals surface area contributed by atoms with Crippen LogP contribution in [-0.2, 0) is 7.05 Å². The van der Waals surface area contributed by atoms with Gasteiger partial charge in [0.2, 0.25) is 5.95 Å². The summed E-state index contributed by atoms with van der Waals surface area (Å²) >= 11 is 0. The SMILES string of the molecule is CNc1nc(-c2nccn2C)c2cn[nH]c2n1. The molecule has 0 atom stereocenters. The van der Waals surface area contributed by atoms with Crippen molar-refractivity contribution in [1.29, 1.82) is 0 Å². The van der Waals surface area contributed by atoms with Crippen molar-refractivity contribution in [3.05, 3.63) is 18.6 Å². The first-order chi connectivity index (χ1) is 8.29. The zero-order valence-corrected chi connectivity index (χ0v) is 9.47. The first-order valence-electron chi connectivity index (χ1n) is 5.16. The molecule has 0 unspecified atom stereocenters. The molecule has 0 saturated carbocycles. The maximum absolute atomic E-state index is 4.43. The molecule has 0 saturated heterocycles. The summed E-state index contributed by atoms with van der Waals surface area (Å²) in [5, 5.41) is 10.6. The third-order valence-electron chi connectivity index (χ3n) is 2.57. The number of anilines is 1. The van der Waals surface area contributed by atoms with Crippen LogP contribution in [-0.4, -0.2) is 36.8 Å². The number of aromatic amines is 1. The fourth-order valence-electron chi connectivity index (χ4n) is 1.71. The molecule has 0 bridgehead atoms. The number of hydrogen-bond donors (Lipinski definition) is 2. The van der Waals surface area contributed by atoms with Crippen molar-refractivity contribution in [1.82, 2.24) is 29.7 Å². The van der Waals surface area contributed by atoms with E-state index in [9.17, 15) is 0 Å². The molecule has 7 nitrogen and oxygen atoms in total. The number of nitrogens with one attached hydrogen (secondary N) is 2. The molecule has 0 aromatic carbocycles. The number of nitrogens with zero attached hydrogens (tertiary/aromatic N) is 5. The predicted octanol–water partition coefficient (Wildman–Crippen LogP) is 0.795. The Hall–Kier alpha value is -2.44. The van der Waals surface area contributed by atoms with E-state index < -0.39 is 0 Å². The van der Waals surface area contributed by atoms with Gasteiger partial charge in [-0.2, -0.15) is 10.1 Å². The normalized spacial score (nSPS) is 10.9. The number of H-pyrrole nitrogens is 1. The van der Waals surface area contributed by atoms with Crippen LogP contribution in [0.1, 0.15) is 0 Å². The van der Waals surface area contributed by atoms with E-state index in [2.05, 4.69) is 30.5 Å². The molecule has 0 aliphatic carbocycles. The highest BCUT2D eigenvalue weighted by molar-refractivity contribution is 5.88. The van der Waals surface area contributed by atoms with E-state index in [1.54, 1.807) is 19.4 Å². The zero-order valence-electron chi connectivity index (χ0n) is 9.47. The van der Waals surface area contributed by atoms with Crippen LogP contribution < -0.4 is 5.32 Å². The van der Waals surface area contributed by atoms with E-state index in [0.717, 1.165) is 16.9 Å². The van der Waals surface area contributed by atoms with Gasteiger partial charge in [0.25, 0.3) is 0 Å². The largest absolute Gasteiger partial charge is 0.357 e. The molecule has 3 heterocycles. The molecule has 0 radical (unpaired) electrons. The summed E-state index contributed by atoms with van der Waals surface area (Å²) in [5.41, 5.74) is 1.46. The zero-order chi connectivity index (χ0) is 11.8. The topological polar surface area (TPSA) is 84.3 Å². The Bertz CT molecular complexity index is 666. The molecule has 3 aromatic rings. The monoisotopic (exact) mass is 229 g/mol. The molecule has 0 fully saturated rings. The van der Waals surface area contributed by atoms with Crippen LogP contribution >= 0.6 is 0 Å². The van der Waals surface area contributed by atoms with E-state index in [1.807, 2.05) is 17.8 Å². The Morgan fingerprint density at radius 1 is 1.35 bits per heavy atom. The highest BCUT2D eigenvalue weighted by Gasteiger charge is 2.13. The van der Waals surface area contributed by atoms with Gasteiger partial charge in [0.05, 0.1) is 11.6 Å². The van der Waals surface area contributed by atoms with E-state index in [4.69, 9.17) is 0 Å². The molecule has 86 valence electrons. The van der Waals surface area contributed by atoms with Crippen LogP contribution in [0.15, 0.2) is 18.6 Å². The molecule has 3 rings (SSSR count). The average Bonchev–Trinajstić information content (AvgIpc) is 2.95. The quantitative estimate of drug-likeness (QED) is 0.678. The maximum atomic E-state index is 4.43. The van der Waals surface area contributed by atoms with Gasteiger partial charge in [-0.15, -0.1) is 0 Å². The second-order valence-corrected chi connectivity index (χ2v) is 3.64. The minimum atomic E-state index is 0.541. The van der Waals surface area contributed by atoms with Crippen molar-refractivity contribution in [2.24, 2.45) is 7.05 Å². The minimum absolute atomic E-state index is 0.541. The number of aromatic nitrogens is 6. The molecule has 0 aliphatic heterocycles. The van der Waals surface area contributed by atoms with E-state index in [1.165, 1.54) is 0 Å². The highest BCUT2D eigenvalue weighted by atomic mass is 15.2. The fourth-order valence-corrected chi connectivity index (χ4v) is 1.71. The summed E-state index contributed by atoms with van der Waals surface area (Å²) in [6.07, 6.45) is 5.32. The molecule has 7 heteroatoms. The van der Waals surface area contributed by atoms with Crippen LogP contribution in [0.25, 0.3) is 22.6 Å². The minimum Gasteiger partial charge on any atom is -0.357 e. The van der Waals surface area contributed by atoms with E-state index in [-0.39, 0.29) is 0 Å². The van der Waals surface area contributed by atoms with Crippen molar-refractivity contribution in [2.75, 3.05) is 12.4 Å². The van der Waals surface area contributed by atoms with Gasteiger partial charge in [-0.05, 0) is 0 Å². The number of imidazole rings is 1. The third kappa shape index (κ3) is 1.43. The Morgan fingerprint density at radius 2 is 2.24 bits per heavy atom. The molecule has 0 spiro atoms. The Labute approximate surface area is 96.9 Å². The lowest BCUT2D eigenvalue weighted by molar-refractivity contribution is 0.918. The van der Waals surface area contributed by atoms with Gasteiger partial charge in [0, 0.05) is 26.5 Å². The Morgan fingerprint density at radius 3 is 2.94 bits per heavy atom. The lowest BCUT2D eigenvalue weighted by atomic mass is 10.3. The second-order valence-electron chi connectivity index (χ2n) is 3.64. The van der Waals surface area contributed by atoms with Gasteiger partial charge < -0.3 is 9.88 Å². The summed E-state index contributed by atoms with van der Waals surface area (Å²) < 4.78 is 1.91. The summed E-state index contributed by atoms with van der Waals surface area (Å²) in [4.78, 5) is 13.0. The molecular weight excluding hydrogens is 218 g/mol. The van der Waals surface area contributed by atoms with Crippen LogP contribution in [0.3, 0.4) is 0 Å². The van der Waals surface area contributed by atoms with Crippen LogP contribution in [0.4, 0.5) is 5.95 Å². The first kappa shape index (κ1) is 9.76. The molecule has 0 amide bonds.